The Hall–Kier alpha value is -4.58. The van der Waals surface area contributed by atoms with Crippen molar-refractivity contribution in [1.82, 2.24) is 0 Å². The molecule has 0 unspecified atom stereocenters. The zero-order valence-electron chi connectivity index (χ0n) is 28.4. The Bertz CT molecular complexity index is 2320. The highest BCUT2D eigenvalue weighted by molar-refractivity contribution is 7.92. The van der Waals surface area contributed by atoms with Crippen LogP contribution in [0.4, 0.5) is 11.4 Å². The highest BCUT2D eigenvalue weighted by Crippen LogP contribution is 2.55. The van der Waals surface area contributed by atoms with Gasteiger partial charge in [0.2, 0.25) is 10.0 Å². The number of nitrogens with zero attached hydrogens (tertiary/aromatic N) is 1. The molecule has 9 nitrogen and oxygen atoms in total. The molecule has 1 aliphatic heterocycles. The molecule has 11 heteroatoms. The minimum atomic E-state index is -3.93. The fourth-order valence-corrected chi connectivity index (χ4v) is 9.30. The van der Waals surface area contributed by atoms with Crippen molar-refractivity contribution in [2.24, 2.45) is 16.0 Å². The van der Waals surface area contributed by atoms with E-state index in [1.807, 2.05) is 56.9 Å². The van der Waals surface area contributed by atoms with Gasteiger partial charge in [-0.3, -0.25) is 14.3 Å². The lowest BCUT2D eigenvalue weighted by Gasteiger charge is -2.49. The van der Waals surface area contributed by atoms with E-state index in [0.29, 0.717) is 53.8 Å². The molecular formula is C39H39N3O6S2. The lowest BCUT2D eigenvalue weighted by Crippen LogP contribution is -2.44. The fourth-order valence-electron chi connectivity index (χ4n) is 7.69. The average Bonchev–Trinajstić information content (AvgIpc) is 3.02. The van der Waals surface area contributed by atoms with Crippen LogP contribution < -0.4 is 14.8 Å². The van der Waals surface area contributed by atoms with Gasteiger partial charge >= 0.3 is 0 Å². The topological polar surface area (TPSA) is 144 Å². The number of carbonyl (C=O) groups is 2. The first-order valence-electron chi connectivity index (χ1n) is 16.5. The summed E-state index contributed by atoms with van der Waals surface area (Å²) in [5, 5.41) is 7.14. The van der Waals surface area contributed by atoms with Crippen molar-refractivity contribution in [3.05, 3.63) is 119 Å². The lowest BCUT2D eigenvalue weighted by molar-refractivity contribution is -0.119. The van der Waals surface area contributed by atoms with Gasteiger partial charge < -0.3 is 4.90 Å². The van der Waals surface area contributed by atoms with Gasteiger partial charge in [-0.2, -0.15) is 0 Å². The van der Waals surface area contributed by atoms with Crippen LogP contribution in [0.1, 0.15) is 64.9 Å². The summed E-state index contributed by atoms with van der Waals surface area (Å²) in [5.74, 6) is -0.756. The van der Waals surface area contributed by atoms with Crippen molar-refractivity contribution in [3.8, 4) is 0 Å². The van der Waals surface area contributed by atoms with Gasteiger partial charge in [0.15, 0.2) is 11.6 Å². The molecule has 2 aliphatic carbocycles. The van der Waals surface area contributed by atoms with Crippen molar-refractivity contribution < 1.29 is 26.4 Å². The van der Waals surface area contributed by atoms with Crippen LogP contribution >= 0.6 is 0 Å². The summed E-state index contributed by atoms with van der Waals surface area (Å²) in [7, 11) is -7.83. The van der Waals surface area contributed by atoms with Crippen LogP contribution in [0.25, 0.3) is 10.8 Å². The van der Waals surface area contributed by atoms with E-state index < -0.39 is 26.0 Å². The molecule has 0 atom stereocenters. The number of fused-ring (bicyclic) bond motifs is 1. The van der Waals surface area contributed by atoms with Crippen molar-refractivity contribution >= 4 is 53.8 Å². The number of allylic oxidation sites excluding steroid dienone is 4. The Balaban J connectivity index is 1.33. The molecule has 7 rings (SSSR count). The number of nitrogens with two attached hydrogens (primary N) is 1. The van der Waals surface area contributed by atoms with Gasteiger partial charge in [-0.25, -0.2) is 22.0 Å². The van der Waals surface area contributed by atoms with Crippen molar-refractivity contribution in [2.45, 2.75) is 69.1 Å². The molecule has 50 heavy (non-hydrogen) atoms. The summed E-state index contributed by atoms with van der Waals surface area (Å²) < 4.78 is 53.6. The number of hydrogen-bond donors (Lipinski definition) is 2. The van der Waals surface area contributed by atoms with Gasteiger partial charge in [-0.05, 0) is 88.5 Å². The van der Waals surface area contributed by atoms with Gasteiger partial charge in [-0.1, -0.05) is 70.2 Å². The van der Waals surface area contributed by atoms with E-state index in [1.165, 1.54) is 12.1 Å². The molecule has 3 aliphatic rings. The van der Waals surface area contributed by atoms with E-state index in [2.05, 4.69) is 4.72 Å². The minimum Gasteiger partial charge on any atom is -0.317 e. The second-order valence-electron chi connectivity index (χ2n) is 15.1. The van der Waals surface area contributed by atoms with Crippen LogP contribution in [-0.4, -0.2) is 28.4 Å². The second-order valence-corrected chi connectivity index (χ2v) is 18.4. The van der Waals surface area contributed by atoms with E-state index in [1.54, 1.807) is 54.6 Å². The molecule has 0 spiro atoms. The maximum atomic E-state index is 14.2. The molecule has 0 amide bonds. The van der Waals surface area contributed by atoms with E-state index in [0.717, 1.165) is 22.2 Å². The summed E-state index contributed by atoms with van der Waals surface area (Å²) >= 11 is 0. The molecule has 1 heterocycles. The van der Waals surface area contributed by atoms with Gasteiger partial charge in [0.1, 0.15) is 0 Å². The van der Waals surface area contributed by atoms with Crippen LogP contribution in [0, 0.1) is 10.8 Å². The number of carbonyl (C=O) groups excluding carboxylic acids is 2. The molecule has 0 bridgehead atoms. The fraction of sp³-hybridized carbons (Fsp3) is 0.282. The van der Waals surface area contributed by atoms with E-state index in [4.69, 9.17) is 5.14 Å². The quantitative estimate of drug-likeness (QED) is 0.216. The largest absolute Gasteiger partial charge is 0.317 e. The molecule has 4 aromatic carbocycles. The van der Waals surface area contributed by atoms with Crippen molar-refractivity contribution in [2.75, 3.05) is 9.62 Å². The van der Waals surface area contributed by atoms with Gasteiger partial charge in [0.05, 0.1) is 9.79 Å². The summed E-state index contributed by atoms with van der Waals surface area (Å²) in [6.45, 7) is 8.18. The van der Waals surface area contributed by atoms with Gasteiger partial charge in [-0.15, -0.1) is 0 Å². The Morgan fingerprint density at radius 1 is 0.660 bits per heavy atom. The Morgan fingerprint density at radius 3 is 1.72 bits per heavy atom. The zero-order chi connectivity index (χ0) is 35.8. The van der Waals surface area contributed by atoms with E-state index >= 15 is 0 Å². The first-order valence-corrected chi connectivity index (χ1v) is 19.5. The highest BCUT2D eigenvalue weighted by Gasteiger charge is 2.49. The number of Topliss-reactive ketones (excluding diaryl/α,β-unsaturated/α-hetero) is 2. The van der Waals surface area contributed by atoms with Crippen molar-refractivity contribution in [1.29, 1.82) is 0 Å². The lowest BCUT2D eigenvalue weighted by atomic mass is 9.63. The molecule has 258 valence electrons. The minimum absolute atomic E-state index is 0.0315. The monoisotopic (exact) mass is 709 g/mol. The van der Waals surface area contributed by atoms with E-state index in [-0.39, 0.29) is 32.2 Å². The van der Waals surface area contributed by atoms with E-state index in [9.17, 15) is 26.4 Å². The summed E-state index contributed by atoms with van der Waals surface area (Å²) in [5.41, 5.74) is 3.62. The maximum Gasteiger partial charge on any atom is 0.261 e. The van der Waals surface area contributed by atoms with Crippen LogP contribution in [0.3, 0.4) is 0 Å². The number of primary sulfonamides is 1. The number of anilines is 2. The Kier molecular flexibility index (Phi) is 7.97. The standard InChI is InChI=1S/C39H39N3O6S2/c1-38(2)20-31-36(33(43)22-38)35(25-9-12-27(13-10-25)41-50(47,48)30-16-11-24-7-5-6-8-26(24)19-30)37-32(21-39(3,4)23-34(37)44)42(31)28-14-17-29(18-15-28)49(40,45)46/h5-19,35,41H,20-23H2,1-4H3,(H2,40,45,46). The molecule has 0 saturated carbocycles. The Morgan fingerprint density at radius 2 is 1.18 bits per heavy atom. The number of sulfonamides is 2. The number of benzene rings is 4. The number of ketones is 2. The summed E-state index contributed by atoms with van der Waals surface area (Å²) in [6.07, 6.45) is 1.70. The molecule has 0 aromatic heterocycles. The molecule has 0 fully saturated rings. The van der Waals surface area contributed by atoms with Crippen LogP contribution in [-0.2, 0) is 29.6 Å². The van der Waals surface area contributed by atoms with Crippen LogP contribution in [0.15, 0.2) is 123 Å². The average molecular weight is 710 g/mol. The third-order valence-electron chi connectivity index (χ3n) is 9.86. The van der Waals surface area contributed by atoms with Crippen LogP contribution in [0.5, 0.6) is 0 Å². The summed E-state index contributed by atoms with van der Waals surface area (Å²) in [4.78, 5) is 30.5. The third-order valence-corrected chi connectivity index (χ3v) is 12.2. The van der Waals surface area contributed by atoms with Gasteiger partial charge in [0, 0.05) is 52.7 Å². The SMILES string of the molecule is CC1(C)CC(=O)C2=C(C1)N(c1ccc(S(N)(=O)=O)cc1)C1=C(C(=O)CC(C)(C)C1)C2c1ccc(NS(=O)(=O)c2ccc3ccccc3c2)cc1. The van der Waals surface area contributed by atoms with Crippen molar-refractivity contribution in [3.63, 3.8) is 0 Å². The second kappa shape index (κ2) is 11.8. The number of nitrogens with one attached hydrogen (secondary N) is 1. The number of rotatable bonds is 6. The summed E-state index contributed by atoms with van der Waals surface area (Å²) in [6, 6.07) is 25.7. The predicted molar refractivity (Wildman–Crippen MR) is 194 cm³/mol. The highest BCUT2D eigenvalue weighted by atomic mass is 32.2. The molecule has 3 N–H and O–H groups in total. The molecule has 4 aromatic rings. The third kappa shape index (κ3) is 6.18. The first kappa shape index (κ1) is 33.9. The molecule has 0 radical (unpaired) electrons. The zero-order valence-corrected chi connectivity index (χ0v) is 30.0. The van der Waals surface area contributed by atoms with Crippen LogP contribution in [0.2, 0.25) is 0 Å². The molecular weight excluding hydrogens is 671 g/mol. The smallest absolute Gasteiger partial charge is 0.261 e. The number of hydrogen-bond acceptors (Lipinski definition) is 7. The first-order chi connectivity index (χ1) is 23.4. The van der Waals surface area contributed by atoms with Gasteiger partial charge in [0.25, 0.3) is 10.0 Å². The maximum absolute atomic E-state index is 14.2. The Labute approximate surface area is 293 Å². The normalized spacial score (nSPS) is 19.4. The molecule has 0 saturated heterocycles. The predicted octanol–water partition coefficient (Wildman–Crippen LogP) is 7.18.